The van der Waals surface area contributed by atoms with Gasteiger partial charge in [0, 0.05) is 42.2 Å². The van der Waals surface area contributed by atoms with Crippen LogP contribution in [0.1, 0.15) is 27.6 Å². The standard InChI is InChI=1S/C16H18N2OS/c1-18(2)12-7-5-11(6-8-12)16(19)17-14-10-13(14)15-4-3-9-20-15/h3-9,13-14H,10H2,1-2H3,(H,17,19). The second-order valence-electron chi connectivity index (χ2n) is 5.38. The molecule has 1 aromatic carbocycles. The fourth-order valence-electron chi connectivity index (χ4n) is 2.33. The predicted octanol–water partition coefficient (Wildman–Crippen LogP) is 3.10. The molecule has 20 heavy (non-hydrogen) atoms. The molecular formula is C16H18N2OS. The van der Waals surface area contributed by atoms with Gasteiger partial charge in [-0.05, 0) is 42.1 Å². The third-order valence-electron chi connectivity index (χ3n) is 3.66. The first-order chi connectivity index (χ1) is 9.65. The Morgan fingerprint density at radius 3 is 2.60 bits per heavy atom. The lowest BCUT2D eigenvalue weighted by atomic mass is 10.2. The minimum atomic E-state index is 0.0272. The molecular weight excluding hydrogens is 268 g/mol. The molecule has 0 bridgehead atoms. The van der Waals surface area contributed by atoms with Crippen LogP contribution in [0.3, 0.4) is 0 Å². The summed E-state index contributed by atoms with van der Waals surface area (Å²) in [4.78, 5) is 15.6. The maximum absolute atomic E-state index is 12.2. The lowest BCUT2D eigenvalue weighted by Crippen LogP contribution is -2.26. The van der Waals surface area contributed by atoms with Gasteiger partial charge in [-0.15, -0.1) is 11.3 Å². The number of rotatable bonds is 4. The summed E-state index contributed by atoms with van der Waals surface area (Å²) in [5.74, 6) is 0.541. The van der Waals surface area contributed by atoms with Crippen molar-refractivity contribution in [2.24, 2.45) is 0 Å². The van der Waals surface area contributed by atoms with Crippen molar-refractivity contribution in [3.05, 3.63) is 52.2 Å². The van der Waals surface area contributed by atoms with E-state index in [1.165, 1.54) is 4.88 Å². The van der Waals surface area contributed by atoms with Gasteiger partial charge in [0.2, 0.25) is 0 Å². The first-order valence-corrected chi connectivity index (χ1v) is 7.65. The van der Waals surface area contributed by atoms with E-state index < -0.39 is 0 Å². The van der Waals surface area contributed by atoms with Crippen molar-refractivity contribution in [1.29, 1.82) is 0 Å². The van der Waals surface area contributed by atoms with E-state index in [1.807, 2.05) is 43.3 Å². The quantitative estimate of drug-likeness (QED) is 0.936. The van der Waals surface area contributed by atoms with Gasteiger partial charge in [-0.1, -0.05) is 6.07 Å². The summed E-state index contributed by atoms with van der Waals surface area (Å²) in [6.45, 7) is 0. The van der Waals surface area contributed by atoms with Crippen LogP contribution in [-0.4, -0.2) is 26.0 Å². The molecule has 4 heteroatoms. The van der Waals surface area contributed by atoms with Crippen LogP contribution < -0.4 is 10.2 Å². The van der Waals surface area contributed by atoms with E-state index in [1.54, 1.807) is 11.3 Å². The molecule has 1 aliphatic carbocycles. The zero-order valence-electron chi connectivity index (χ0n) is 11.7. The van der Waals surface area contributed by atoms with E-state index in [-0.39, 0.29) is 5.91 Å². The Balaban J connectivity index is 1.60. The largest absolute Gasteiger partial charge is 0.378 e. The molecule has 1 aliphatic rings. The van der Waals surface area contributed by atoms with Crippen molar-refractivity contribution in [1.82, 2.24) is 5.32 Å². The van der Waals surface area contributed by atoms with E-state index in [2.05, 4.69) is 22.8 Å². The summed E-state index contributed by atoms with van der Waals surface area (Å²) < 4.78 is 0. The summed E-state index contributed by atoms with van der Waals surface area (Å²) in [5.41, 5.74) is 1.83. The predicted molar refractivity (Wildman–Crippen MR) is 83.7 cm³/mol. The van der Waals surface area contributed by atoms with Crippen LogP contribution in [0.4, 0.5) is 5.69 Å². The van der Waals surface area contributed by atoms with Crippen molar-refractivity contribution in [2.75, 3.05) is 19.0 Å². The highest BCUT2D eigenvalue weighted by Gasteiger charge is 2.40. The number of carbonyl (C=O) groups is 1. The van der Waals surface area contributed by atoms with Crippen molar-refractivity contribution in [3.63, 3.8) is 0 Å². The Bertz CT molecular complexity index is 589. The summed E-state index contributed by atoms with van der Waals surface area (Å²) in [7, 11) is 3.98. The minimum absolute atomic E-state index is 0.0272. The monoisotopic (exact) mass is 286 g/mol. The fourth-order valence-corrected chi connectivity index (χ4v) is 3.24. The number of nitrogens with zero attached hydrogens (tertiary/aromatic N) is 1. The molecule has 1 heterocycles. The van der Waals surface area contributed by atoms with Gasteiger partial charge in [-0.3, -0.25) is 4.79 Å². The maximum atomic E-state index is 12.2. The molecule has 1 aromatic heterocycles. The zero-order valence-corrected chi connectivity index (χ0v) is 12.5. The van der Waals surface area contributed by atoms with E-state index in [4.69, 9.17) is 0 Å². The van der Waals surface area contributed by atoms with Crippen molar-refractivity contribution >= 4 is 22.9 Å². The Kier molecular flexibility index (Phi) is 3.49. The summed E-state index contributed by atoms with van der Waals surface area (Å²) in [6, 6.07) is 12.2. The van der Waals surface area contributed by atoms with Crippen LogP contribution in [-0.2, 0) is 0 Å². The number of nitrogens with one attached hydrogen (secondary N) is 1. The maximum Gasteiger partial charge on any atom is 0.251 e. The average Bonchev–Trinajstić information content (AvgIpc) is 3.00. The molecule has 2 unspecified atom stereocenters. The van der Waals surface area contributed by atoms with Crippen molar-refractivity contribution < 1.29 is 4.79 Å². The van der Waals surface area contributed by atoms with Crippen LogP contribution >= 0.6 is 11.3 Å². The molecule has 0 spiro atoms. The lowest BCUT2D eigenvalue weighted by Gasteiger charge is -2.12. The number of thiophene rings is 1. The Labute approximate surface area is 123 Å². The number of hydrogen-bond acceptors (Lipinski definition) is 3. The highest BCUT2D eigenvalue weighted by Crippen LogP contribution is 2.42. The molecule has 1 fully saturated rings. The second-order valence-corrected chi connectivity index (χ2v) is 6.36. The summed E-state index contributed by atoms with van der Waals surface area (Å²) in [5, 5.41) is 5.20. The van der Waals surface area contributed by atoms with Gasteiger partial charge in [-0.25, -0.2) is 0 Å². The smallest absolute Gasteiger partial charge is 0.251 e. The highest BCUT2D eigenvalue weighted by atomic mass is 32.1. The fraction of sp³-hybridized carbons (Fsp3) is 0.312. The SMILES string of the molecule is CN(C)c1ccc(C(=O)NC2CC2c2cccs2)cc1. The van der Waals surface area contributed by atoms with E-state index in [0.717, 1.165) is 17.7 Å². The van der Waals surface area contributed by atoms with Crippen molar-refractivity contribution in [3.8, 4) is 0 Å². The molecule has 3 rings (SSSR count). The Morgan fingerprint density at radius 2 is 2.00 bits per heavy atom. The third-order valence-corrected chi connectivity index (χ3v) is 4.67. The van der Waals surface area contributed by atoms with Crippen molar-refractivity contribution in [2.45, 2.75) is 18.4 Å². The number of benzene rings is 1. The first-order valence-electron chi connectivity index (χ1n) is 6.77. The molecule has 0 saturated heterocycles. The number of amides is 1. The normalized spacial score (nSPS) is 20.5. The van der Waals surface area contributed by atoms with Crippen LogP contribution in [0, 0.1) is 0 Å². The van der Waals surface area contributed by atoms with Crippen LogP contribution in [0.5, 0.6) is 0 Å². The molecule has 2 aromatic rings. The van der Waals surface area contributed by atoms with Crippen LogP contribution in [0.25, 0.3) is 0 Å². The molecule has 104 valence electrons. The van der Waals surface area contributed by atoms with Crippen LogP contribution in [0.15, 0.2) is 41.8 Å². The van der Waals surface area contributed by atoms with E-state index in [9.17, 15) is 4.79 Å². The van der Waals surface area contributed by atoms with E-state index >= 15 is 0 Å². The van der Waals surface area contributed by atoms with Gasteiger partial charge in [0.25, 0.3) is 5.91 Å². The van der Waals surface area contributed by atoms with Crippen LogP contribution in [0.2, 0.25) is 0 Å². The molecule has 1 amide bonds. The average molecular weight is 286 g/mol. The third kappa shape index (κ3) is 2.70. The second kappa shape index (κ2) is 5.29. The van der Waals surface area contributed by atoms with Gasteiger partial charge in [0.1, 0.15) is 0 Å². The van der Waals surface area contributed by atoms with Gasteiger partial charge in [0.05, 0.1) is 0 Å². The highest BCUT2D eigenvalue weighted by molar-refractivity contribution is 7.10. The lowest BCUT2D eigenvalue weighted by molar-refractivity contribution is 0.0950. The Hall–Kier alpha value is -1.81. The van der Waals surface area contributed by atoms with Gasteiger partial charge < -0.3 is 10.2 Å². The summed E-state index contributed by atoms with van der Waals surface area (Å²) in [6.07, 6.45) is 1.06. The number of anilines is 1. The molecule has 1 saturated carbocycles. The topological polar surface area (TPSA) is 32.3 Å². The minimum Gasteiger partial charge on any atom is -0.378 e. The van der Waals surface area contributed by atoms with Gasteiger partial charge in [-0.2, -0.15) is 0 Å². The molecule has 1 N–H and O–H groups in total. The van der Waals surface area contributed by atoms with E-state index in [0.29, 0.717) is 12.0 Å². The molecule has 0 aliphatic heterocycles. The Morgan fingerprint density at radius 1 is 1.25 bits per heavy atom. The molecule has 0 radical (unpaired) electrons. The van der Waals surface area contributed by atoms with Gasteiger partial charge >= 0.3 is 0 Å². The first kappa shape index (κ1) is 13.2. The number of hydrogen-bond donors (Lipinski definition) is 1. The number of carbonyl (C=O) groups excluding carboxylic acids is 1. The zero-order chi connectivity index (χ0) is 14.1. The molecule has 2 atom stereocenters. The van der Waals surface area contributed by atoms with Gasteiger partial charge in [0.15, 0.2) is 0 Å². The summed E-state index contributed by atoms with van der Waals surface area (Å²) >= 11 is 1.77. The molecule has 3 nitrogen and oxygen atoms in total.